The first kappa shape index (κ1) is 13.9. The lowest BCUT2D eigenvalue weighted by Crippen LogP contribution is -2.01. The minimum Gasteiger partial charge on any atom is -0.865 e. The van der Waals surface area contributed by atoms with Gasteiger partial charge in [0.2, 0.25) is 0 Å². The van der Waals surface area contributed by atoms with E-state index in [0.717, 1.165) is 17.8 Å². The summed E-state index contributed by atoms with van der Waals surface area (Å²) in [7, 11) is 1.23. The Balaban J connectivity index is 2.48. The molecule has 0 aliphatic carbocycles. The summed E-state index contributed by atoms with van der Waals surface area (Å²) in [6.45, 7) is 0. The molecule has 1 amide bonds. The zero-order valence-electron chi connectivity index (χ0n) is 10.2. The molecule has 8 nitrogen and oxygen atoms in total. The number of thioether (sulfide) groups is 1. The van der Waals surface area contributed by atoms with Crippen molar-refractivity contribution in [3.63, 3.8) is 0 Å². The smallest absolute Gasteiger partial charge is 0.286 e. The van der Waals surface area contributed by atoms with Crippen molar-refractivity contribution in [3.8, 4) is 11.5 Å². The standard InChI is InChI=1S/C11H9N3O5S/c1-19-7-3-5(2-6(9(7)15)14(17)18)4-8-10(16)13-11(12)20-8/h2-4,15H,1H3,(H2,12,13,16)/p-1/b8-4+. The Morgan fingerprint density at radius 3 is 2.70 bits per heavy atom. The number of nitro groups is 1. The van der Waals surface area contributed by atoms with E-state index in [1.807, 2.05) is 0 Å². The van der Waals surface area contributed by atoms with E-state index in [9.17, 15) is 20.0 Å². The number of benzene rings is 1. The highest BCUT2D eigenvalue weighted by molar-refractivity contribution is 8.18. The normalized spacial score (nSPS) is 16.4. The maximum Gasteiger partial charge on any atom is 0.286 e. The predicted octanol–water partition coefficient (Wildman–Crippen LogP) is 0.606. The van der Waals surface area contributed by atoms with Gasteiger partial charge in [0.25, 0.3) is 11.6 Å². The average molecular weight is 294 g/mol. The first-order valence-corrected chi connectivity index (χ1v) is 6.05. The fourth-order valence-corrected chi connectivity index (χ4v) is 2.24. The zero-order chi connectivity index (χ0) is 14.9. The number of nitrogens with zero attached hydrogens (tertiary/aromatic N) is 2. The molecular weight excluding hydrogens is 286 g/mol. The van der Waals surface area contributed by atoms with Crippen LogP contribution in [0.3, 0.4) is 0 Å². The van der Waals surface area contributed by atoms with Crippen molar-refractivity contribution in [2.24, 2.45) is 10.7 Å². The van der Waals surface area contributed by atoms with Gasteiger partial charge in [-0.1, -0.05) is 0 Å². The third kappa shape index (κ3) is 2.57. The molecule has 2 N–H and O–H groups in total. The summed E-state index contributed by atoms with van der Waals surface area (Å²) >= 11 is 0.951. The highest BCUT2D eigenvalue weighted by Gasteiger charge is 2.20. The molecule has 0 unspecified atom stereocenters. The number of rotatable bonds is 3. The Labute approximate surface area is 117 Å². The van der Waals surface area contributed by atoms with Crippen LogP contribution in [0, 0.1) is 10.1 Å². The quantitative estimate of drug-likeness (QED) is 0.490. The predicted molar refractivity (Wildman–Crippen MR) is 71.3 cm³/mol. The van der Waals surface area contributed by atoms with Crippen LogP contribution in [0.15, 0.2) is 22.0 Å². The van der Waals surface area contributed by atoms with Crippen LogP contribution >= 0.6 is 11.8 Å². The van der Waals surface area contributed by atoms with E-state index in [4.69, 9.17) is 10.5 Å². The molecule has 0 aromatic heterocycles. The van der Waals surface area contributed by atoms with E-state index in [1.54, 1.807) is 0 Å². The van der Waals surface area contributed by atoms with Gasteiger partial charge in [-0.3, -0.25) is 14.9 Å². The molecule has 0 bridgehead atoms. The lowest BCUT2D eigenvalue weighted by atomic mass is 10.1. The molecule has 2 rings (SSSR count). The third-order valence-corrected chi connectivity index (χ3v) is 3.22. The van der Waals surface area contributed by atoms with Gasteiger partial charge in [-0.05, 0) is 29.5 Å². The third-order valence-electron chi connectivity index (χ3n) is 2.41. The van der Waals surface area contributed by atoms with Crippen LogP contribution in [0.4, 0.5) is 5.69 Å². The molecule has 0 radical (unpaired) electrons. The van der Waals surface area contributed by atoms with E-state index in [2.05, 4.69) is 4.99 Å². The number of aliphatic imine (C=N–C) groups is 1. The second-order valence-corrected chi connectivity index (χ2v) is 4.76. The van der Waals surface area contributed by atoms with Gasteiger partial charge in [0.05, 0.1) is 16.9 Å². The molecule has 0 atom stereocenters. The second kappa shape index (κ2) is 5.21. The van der Waals surface area contributed by atoms with Crippen molar-refractivity contribution >= 4 is 34.6 Å². The topological polar surface area (TPSA) is 131 Å². The number of methoxy groups -OCH3 is 1. The van der Waals surface area contributed by atoms with Crippen molar-refractivity contribution in [1.29, 1.82) is 0 Å². The summed E-state index contributed by atoms with van der Waals surface area (Å²) in [5, 5.41) is 22.6. The van der Waals surface area contributed by atoms with Gasteiger partial charge in [0.1, 0.15) is 5.75 Å². The number of nitrogens with two attached hydrogens (primary N) is 1. The molecule has 1 aliphatic rings. The first-order chi connectivity index (χ1) is 9.42. The maximum atomic E-state index is 11.6. The summed E-state index contributed by atoms with van der Waals surface area (Å²) < 4.78 is 4.80. The number of amidine groups is 1. The van der Waals surface area contributed by atoms with Crippen molar-refractivity contribution < 1.29 is 19.6 Å². The van der Waals surface area contributed by atoms with Crippen molar-refractivity contribution in [3.05, 3.63) is 32.7 Å². The zero-order valence-corrected chi connectivity index (χ0v) is 11.0. The number of hydrogen-bond acceptors (Lipinski definition) is 7. The van der Waals surface area contributed by atoms with Crippen LogP contribution < -0.4 is 15.6 Å². The minimum atomic E-state index is -0.819. The van der Waals surface area contributed by atoms with Gasteiger partial charge in [-0.15, -0.1) is 0 Å². The van der Waals surface area contributed by atoms with Gasteiger partial charge >= 0.3 is 0 Å². The molecular formula is C11H8N3O5S-. The SMILES string of the molecule is COc1cc(/C=C2/SC(N)=NC2=O)cc([N+](=O)[O-])c1[O-]. The van der Waals surface area contributed by atoms with Crippen LogP contribution in [0.2, 0.25) is 0 Å². The van der Waals surface area contributed by atoms with Crippen LogP contribution in [0.1, 0.15) is 5.56 Å². The van der Waals surface area contributed by atoms with E-state index in [-0.39, 0.29) is 21.4 Å². The summed E-state index contributed by atoms with van der Waals surface area (Å²) in [6.07, 6.45) is 1.37. The van der Waals surface area contributed by atoms with Crippen molar-refractivity contribution in [2.75, 3.05) is 7.11 Å². The Morgan fingerprint density at radius 1 is 1.50 bits per heavy atom. The van der Waals surface area contributed by atoms with Crippen LogP contribution in [-0.2, 0) is 4.79 Å². The summed E-state index contributed by atoms with van der Waals surface area (Å²) in [6, 6.07) is 2.38. The lowest BCUT2D eigenvalue weighted by Gasteiger charge is -2.13. The van der Waals surface area contributed by atoms with E-state index in [0.29, 0.717) is 0 Å². The van der Waals surface area contributed by atoms with Gasteiger partial charge in [0, 0.05) is 11.8 Å². The molecule has 1 aromatic carbocycles. The number of ether oxygens (including phenoxy) is 1. The Hall–Kier alpha value is -2.55. The number of hydrogen-bond donors (Lipinski definition) is 1. The molecule has 104 valence electrons. The summed E-state index contributed by atoms with van der Waals surface area (Å²) in [4.78, 5) is 25.2. The van der Waals surface area contributed by atoms with Crippen LogP contribution in [0.5, 0.6) is 11.5 Å². The lowest BCUT2D eigenvalue weighted by molar-refractivity contribution is -0.398. The molecule has 0 fully saturated rings. The maximum absolute atomic E-state index is 11.6. The average Bonchev–Trinajstić information content (AvgIpc) is 2.69. The van der Waals surface area contributed by atoms with Gasteiger partial charge in [-0.25, -0.2) is 0 Å². The van der Waals surface area contributed by atoms with Crippen LogP contribution in [-0.4, -0.2) is 23.1 Å². The molecule has 1 heterocycles. The highest BCUT2D eigenvalue weighted by Crippen LogP contribution is 2.36. The molecule has 20 heavy (non-hydrogen) atoms. The first-order valence-electron chi connectivity index (χ1n) is 5.24. The highest BCUT2D eigenvalue weighted by atomic mass is 32.2. The Morgan fingerprint density at radius 2 is 2.20 bits per heavy atom. The fourth-order valence-electron chi connectivity index (χ4n) is 1.56. The Kier molecular flexibility index (Phi) is 3.61. The molecule has 0 saturated heterocycles. The van der Waals surface area contributed by atoms with Crippen molar-refractivity contribution in [1.82, 2.24) is 0 Å². The number of nitro benzene ring substituents is 1. The monoisotopic (exact) mass is 294 g/mol. The number of carbonyl (C=O) groups is 1. The largest absolute Gasteiger partial charge is 0.865 e. The van der Waals surface area contributed by atoms with E-state index >= 15 is 0 Å². The Bertz CT molecular complexity index is 668. The van der Waals surface area contributed by atoms with E-state index < -0.39 is 22.3 Å². The summed E-state index contributed by atoms with van der Waals surface area (Å²) in [5.74, 6) is -1.52. The molecule has 0 spiro atoms. The van der Waals surface area contributed by atoms with Gasteiger partial charge < -0.3 is 15.6 Å². The molecule has 1 aliphatic heterocycles. The molecule has 1 aromatic rings. The van der Waals surface area contributed by atoms with E-state index in [1.165, 1.54) is 19.3 Å². The minimum absolute atomic E-state index is 0.100. The van der Waals surface area contributed by atoms with Gasteiger partial charge in [-0.2, -0.15) is 4.99 Å². The molecule has 9 heteroatoms. The van der Waals surface area contributed by atoms with Crippen LogP contribution in [0.25, 0.3) is 6.08 Å². The fraction of sp³-hybridized carbons (Fsp3) is 0.0909. The number of carbonyl (C=O) groups excluding carboxylic acids is 1. The molecule has 0 saturated carbocycles. The summed E-state index contributed by atoms with van der Waals surface area (Å²) in [5.41, 5.74) is 5.06. The van der Waals surface area contributed by atoms with Crippen molar-refractivity contribution in [2.45, 2.75) is 0 Å². The second-order valence-electron chi connectivity index (χ2n) is 3.69. The van der Waals surface area contributed by atoms with Gasteiger partial charge in [0.15, 0.2) is 5.17 Å². The number of amides is 1.